The predicted molar refractivity (Wildman–Crippen MR) is 67.9 cm³/mol. The summed E-state index contributed by atoms with van der Waals surface area (Å²) >= 11 is 0. The van der Waals surface area contributed by atoms with Crippen molar-refractivity contribution in [1.82, 2.24) is 10.3 Å². The molecule has 2 heterocycles. The molecule has 88 valence electrons. The van der Waals surface area contributed by atoms with E-state index in [9.17, 15) is 0 Å². The molecule has 16 heavy (non-hydrogen) atoms. The zero-order valence-electron chi connectivity index (χ0n) is 10.2. The zero-order valence-corrected chi connectivity index (χ0v) is 10.2. The van der Waals surface area contributed by atoms with Crippen molar-refractivity contribution in [2.75, 3.05) is 25.0 Å². The predicted octanol–water partition coefficient (Wildman–Crippen LogP) is 1.83. The number of rotatable bonds is 4. The van der Waals surface area contributed by atoms with Crippen molar-refractivity contribution < 1.29 is 0 Å². The SMILES string of the molecule is CCCc1ccc(N(C)C2CCNC2)nc1. The number of likely N-dealkylation sites (N-methyl/N-ethyl adjacent to an activating group) is 1. The van der Waals surface area contributed by atoms with E-state index in [2.05, 4.69) is 41.3 Å². The first-order chi connectivity index (χ1) is 7.81. The quantitative estimate of drug-likeness (QED) is 0.837. The number of aryl methyl sites for hydroxylation is 1. The average molecular weight is 219 g/mol. The number of anilines is 1. The maximum absolute atomic E-state index is 4.54. The molecular formula is C13H21N3. The number of aromatic nitrogens is 1. The maximum Gasteiger partial charge on any atom is 0.128 e. The van der Waals surface area contributed by atoms with Gasteiger partial charge in [0.1, 0.15) is 5.82 Å². The Labute approximate surface area is 97.9 Å². The van der Waals surface area contributed by atoms with Crippen LogP contribution in [0.25, 0.3) is 0 Å². The lowest BCUT2D eigenvalue weighted by Gasteiger charge is -2.24. The molecule has 0 saturated carbocycles. The van der Waals surface area contributed by atoms with Gasteiger partial charge in [-0.25, -0.2) is 4.98 Å². The molecule has 1 N–H and O–H groups in total. The van der Waals surface area contributed by atoms with Gasteiger partial charge in [0.2, 0.25) is 0 Å². The lowest BCUT2D eigenvalue weighted by Crippen LogP contribution is -2.33. The first-order valence-corrected chi connectivity index (χ1v) is 6.19. The van der Waals surface area contributed by atoms with Gasteiger partial charge in [0.15, 0.2) is 0 Å². The van der Waals surface area contributed by atoms with E-state index in [1.165, 1.54) is 18.4 Å². The summed E-state index contributed by atoms with van der Waals surface area (Å²) < 4.78 is 0. The molecular weight excluding hydrogens is 198 g/mol. The lowest BCUT2D eigenvalue weighted by atomic mass is 10.1. The Bertz CT molecular complexity index is 314. The standard InChI is InChI=1S/C13H21N3/c1-3-4-11-5-6-13(15-9-11)16(2)12-7-8-14-10-12/h5-6,9,12,14H,3-4,7-8,10H2,1-2H3. The van der Waals surface area contributed by atoms with Crippen LogP contribution in [-0.4, -0.2) is 31.2 Å². The second kappa shape index (κ2) is 5.30. The van der Waals surface area contributed by atoms with Gasteiger partial charge in [0.25, 0.3) is 0 Å². The Morgan fingerprint density at radius 3 is 2.94 bits per heavy atom. The van der Waals surface area contributed by atoms with Crippen molar-refractivity contribution >= 4 is 5.82 Å². The minimum Gasteiger partial charge on any atom is -0.355 e. The Balaban J connectivity index is 2.02. The number of hydrogen-bond acceptors (Lipinski definition) is 3. The first-order valence-electron chi connectivity index (χ1n) is 6.19. The minimum absolute atomic E-state index is 0.601. The van der Waals surface area contributed by atoms with Gasteiger partial charge in [-0.15, -0.1) is 0 Å². The van der Waals surface area contributed by atoms with Gasteiger partial charge in [0.05, 0.1) is 0 Å². The lowest BCUT2D eigenvalue weighted by molar-refractivity contribution is 0.677. The molecule has 0 bridgehead atoms. The Morgan fingerprint density at radius 2 is 2.38 bits per heavy atom. The van der Waals surface area contributed by atoms with Crippen LogP contribution in [0.2, 0.25) is 0 Å². The first kappa shape index (κ1) is 11.4. The maximum atomic E-state index is 4.54. The van der Waals surface area contributed by atoms with E-state index in [1.54, 1.807) is 0 Å². The molecule has 1 aromatic rings. The van der Waals surface area contributed by atoms with Crippen LogP contribution in [0.1, 0.15) is 25.3 Å². The number of pyridine rings is 1. The molecule has 2 rings (SSSR count). The van der Waals surface area contributed by atoms with Gasteiger partial charge < -0.3 is 10.2 Å². The summed E-state index contributed by atoms with van der Waals surface area (Å²) in [5, 5.41) is 3.39. The van der Waals surface area contributed by atoms with Crippen molar-refractivity contribution in [1.29, 1.82) is 0 Å². The molecule has 0 amide bonds. The van der Waals surface area contributed by atoms with Crippen LogP contribution >= 0.6 is 0 Å². The molecule has 1 unspecified atom stereocenters. The highest BCUT2D eigenvalue weighted by molar-refractivity contribution is 5.40. The third-order valence-corrected chi connectivity index (χ3v) is 3.29. The van der Waals surface area contributed by atoms with Crippen LogP contribution in [0.3, 0.4) is 0 Å². The Kier molecular flexibility index (Phi) is 3.78. The van der Waals surface area contributed by atoms with Crippen LogP contribution in [0.5, 0.6) is 0 Å². The summed E-state index contributed by atoms with van der Waals surface area (Å²) in [6.45, 7) is 4.40. The molecule has 1 saturated heterocycles. The van der Waals surface area contributed by atoms with Crippen molar-refractivity contribution in [3.05, 3.63) is 23.9 Å². The van der Waals surface area contributed by atoms with E-state index in [0.717, 1.165) is 25.3 Å². The van der Waals surface area contributed by atoms with E-state index in [1.807, 2.05) is 6.20 Å². The fourth-order valence-electron chi connectivity index (χ4n) is 2.22. The number of nitrogens with one attached hydrogen (secondary N) is 1. The van der Waals surface area contributed by atoms with Crippen molar-refractivity contribution in [2.24, 2.45) is 0 Å². The van der Waals surface area contributed by atoms with Gasteiger partial charge in [-0.3, -0.25) is 0 Å². The van der Waals surface area contributed by atoms with E-state index in [4.69, 9.17) is 0 Å². The average Bonchev–Trinajstić information content (AvgIpc) is 2.83. The Hall–Kier alpha value is -1.09. The summed E-state index contributed by atoms with van der Waals surface area (Å²) in [6.07, 6.45) is 5.54. The molecule has 3 nitrogen and oxygen atoms in total. The van der Waals surface area contributed by atoms with Gasteiger partial charge >= 0.3 is 0 Å². The highest BCUT2D eigenvalue weighted by Crippen LogP contribution is 2.16. The molecule has 1 aromatic heterocycles. The molecule has 0 aromatic carbocycles. The van der Waals surface area contributed by atoms with Crippen LogP contribution in [0.15, 0.2) is 18.3 Å². The summed E-state index contributed by atoms with van der Waals surface area (Å²) in [7, 11) is 2.14. The monoisotopic (exact) mass is 219 g/mol. The molecule has 1 atom stereocenters. The topological polar surface area (TPSA) is 28.2 Å². The van der Waals surface area contributed by atoms with Crippen LogP contribution in [-0.2, 0) is 6.42 Å². The van der Waals surface area contributed by atoms with Gasteiger partial charge in [-0.2, -0.15) is 0 Å². The van der Waals surface area contributed by atoms with Crippen LogP contribution < -0.4 is 10.2 Å². The molecule has 1 aliphatic rings. The molecule has 0 aliphatic carbocycles. The van der Waals surface area contributed by atoms with Crippen molar-refractivity contribution in [2.45, 2.75) is 32.2 Å². The van der Waals surface area contributed by atoms with Crippen molar-refractivity contribution in [3.8, 4) is 0 Å². The zero-order chi connectivity index (χ0) is 11.4. The highest BCUT2D eigenvalue weighted by atomic mass is 15.2. The summed E-state index contributed by atoms with van der Waals surface area (Å²) in [5.74, 6) is 1.09. The van der Waals surface area contributed by atoms with E-state index < -0.39 is 0 Å². The molecule has 0 radical (unpaired) electrons. The smallest absolute Gasteiger partial charge is 0.128 e. The largest absolute Gasteiger partial charge is 0.355 e. The van der Waals surface area contributed by atoms with Crippen molar-refractivity contribution in [3.63, 3.8) is 0 Å². The normalized spacial score (nSPS) is 20.0. The van der Waals surface area contributed by atoms with Gasteiger partial charge in [-0.05, 0) is 31.0 Å². The van der Waals surface area contributed by atoms with Crippen LogP contribution in [0.4, 0.5) is 5.82 Å². The molecule has 1 aliphatic heterocycles. The summed E-state index contributed by atoms with van der Waals surface area (Å²) in [6, 6.07) is 4.94. The van der Waals surface area contributed by atoms with E-state index in [-0.39, 0.29) is 0 Å². The van der Waals surface area contributed by atoms with Gasteiger partial charge in [-0.1, -0.05) is 19.4 Å². The van der Waals surface area contributed by atoms with E-state index in [0.29, 0.717) is 6.04 Å². The molecule has 3 heteroatoms. The third-order valence-electron chi connectivity index (χ3n) is 3.29. The molecule has 1 fully saturated rings. The number of nitrogens with zero attached hydrogens (tertiary/aromatic N) is 2. The molecule has 0 spiro atoms. The summed E-state index contributed by atoms with van der Waals surface area (Å²) in [4.78, 5) is 6.83. The van der Waals surface area contributed by atoms with Gasteiger partial charge in [0, 0.05) is 25.8 Å². The second-order valence-electron chi connectivity index (χ2n) is 4.53. The highest BCUT2D eigenvalue weighted by Gasteiger charge is 2.19. The van der Waals surface area contributed by atoms with Crippen LogP contribution in [0, 0.1) is 0 Å². The third kappa shape index (κ3) is 2.53. The fraction of sp³-hybridized carbons (Fsp3) is 0.615. The number of hydrogen-bond donors (Lipinski definition) is 1. The summed E-state index contributed by atoms with van der Waals surface area (Å²) in [5.41, 5.74) is 1.34. The minimum atomic E-state index is 0.601. The Morgan fingerprint density at radius 1 is 1.50 bits per heavy atom. The van der Waals surface area contributed by atoms with E-state index >= 15 is 0 Å². The second-order valence-corrected chi connectivity index (χ2v) is 4.53. The fourth-order valence-corrected chi connectivity index (χ4v) is 2.22.